The number of nitrogens with one attached hydrogen (secondary N) is 1. The van der Waals surface area contributed by atoms with Gasteiger partial charge in [-0.1, -0.05) is 18.2 Å². The topological polar surface area (TPSA) is 43.3 Å². The highest BCUT2D eigenvalue weighted by Gasteiger charge is 2.15. The molecular weight excluding hydrogens is 252 g/mol. The van der Waals surface area contributed by atoms with Gasteiger partial charge in [-0.15, -0.1) is 0 Å². The van der Waals surface area contributed by atoms with Gasteiger partial charge >= 0.3 is 0 Å². The molecule has 2 heterocycles. The number of pyridine rings is 1. The van der Waals surface area contributed by atoms with E-state index in [0.29, 0.717) is 5.92 Å². The Morgan fingerprint density at radius 1 is 1.40 bits per heavy atom. The van der Waals surface area contributed by atoms with E-state index < -0.39 is 0 Å². The summed E-state index contributed by atoms with van der Waals surface area (Å²) in [7, 11) is 1.81. The van der Waals surface area contributed by atoms with Crippen LogP contribution in [-0.2, 0) is 11.8 Å². The zero-order valence-electron chi connectivity index (χ0n) is 11.8. The van der Waals surface area contributed by atoms with Crippen LogP contribution in [0, 0.1) is 5.92 Å². The molecule has 0 bridgehead atoms. The first-order chi connectivity index (χ1) is 9.75. The van der Waals surface area contributed by atoms with Gasteiger partial charge in [0.15, 0.2) is 0 Å². The van der Waals surface area contributed by atoms with E-state index in [4.69, 9.17) is 4.74 Å². The summed E-state index contributed by atoms with van der Waals surface area (Å²) in [4.78, 5) is 12.0. The van der Waals surface area contributed by atoms with Crippen molar-refractivity contribution in [2.24, 2.45) is 13.0 Å². The quantitative estimate of drug-likeness (QED) is 0.929. The molecule has 0 spiro atoms. The number of hydrogen-bond donors (Lipinski definition) is 1. The summed E-state index contributed by atoms with van der Waals surface area (Å²) in [5, 5.41) is 4.51. The van der Waals surface area contributed by atoms with Crippen LogP contribution in [0.2, 0.25) is 0 Å². The smallest absolute Gasteiger partial charge is 0.252 e. The van der Waals surface area contributed by atoms with Gasteiger partial charge in [-0.3, -0.25) is 4.79 Å². The molecule has 0 amide bonds. The third-order valence-corrected chi connectivity index (χ3v) is 4.05. The molecule has 20 heavy (non-hydrogen) atoms. The Morgan fingerprint density at radius 2 is 2.25 bits per heavy atom. The summed E-state index contributed by atoms with van der Waals surface area (Å²) in [6, 6.07) is 9.68. The average Bonchev–Trinajstić information content (AvgIpc) is 2.97. The minimum Gasteiger partial charge on any atom is -0.384 e. The van der Waals surface area contributed by atoms with Crippen LogP contribution in [-0.4, -0.2) is 24.3 Å². The zero-order valence-corrected chi connectivity index (χ0v) is 11.8. The van der Waals surface area contributed by atoms with E-state index in [2.05, 4.69) is 11.4 Å². The Hall–Kier alpha value is -1.81. The highest BCUT2D eigenvalue weighted by atomic mass is 16.5. The molecular formula is C16H20N2O2. The molecule has 0 aliphatic carbocycles. The molecule has 1 atom stereocenters. The Morgan fingerprint density at radius 3 is 3.05 bits per heavy atom. The number of aromatic nitrogens is 1. The normalized spacial score (nSPS) is 18.6. The first-order valence-corrected chi connectivity index (χ1v) is 7.16. The lowest BCUT2D eigenvalue weighted by Crippen LogP contribution is -2.18. The van der Waals surface area contributed by atoms with Crippen molar-refractivity contribution in [2.75, 3.05) is 25.1 Å². The monoisotopic (exact) mass is 272 g/mol. The largest absolute Gasteiger partial charge is 0.384 e. The van der Waals surface area contributed by atoms with Gasteiger partial charge in [0.1, 0.15) is 0 Å². The number of benzene rings is 1. The summed E-state index contributed by atoms with van der Waals surface area (Å²) in [5.74, 6) is 0.653. The first-order valence-electron chi connectivity index (χ1n) is 7.16. The number of nitrogens with zero attached hydrogens (tertiary/aromatic N) is 1. The van der Waals surface area contributed by atoms with Gasteiger partial charge in [0.05, 0.1) is 5.52 Å². The third-order valence-electron chi connectivity index (χ3n) is 4.05. The molecule has 3 rings (SSSR count). The highest BCUT2D eigenvalue weighted by Crippen LogP contribution is 2.22. The lowest BCUT2D eigenvalue weighted by molar-refractivity contribution is 0.185. The third kappa shape index (κ3) is 2.56. The fourth-order valence-corrected chi connectivity index (χ4v) is 2.78. The fraction of sp³-hybridized carbons (Fsp3) is 0.438. The van der Waals surface area contributed by atoms with Crippen LogP contribution in [0.1, 0.15) is 12.8 Å². The standard InChI is InChI=1S/C16H20N2O2/c1-18-15-5-3-2-4-13(15)14(10-16(18)19)17-8-6-12-7-9-20-11-12/h2-5,10,12,17H,6-9,11H2,1H3. The van der Waals surface area contributed by atoms with Crippen LogP contribution in [0.3, 0.4) is 0 Å². The van der Waals surface area contributed by atoms with Crippen LogP contribution in [0.4, 0.5) is 5.69 Å². The van der Waals surface area contributed by atoms with Crippen LogP contribution in [0.5, 0.6) is 0 Å². The molecule has 1 aromatic carbocycles. The second-order valence-corrected chi connectivity index (χ2v) is 5.42. The van der Waals surface area contributed by atoms with E-state index in [9.17, 15) is 4.79 Å². The molecule has 0 saturated carbocycles. The van der Waals surface area contributed by atoms with E-state index in [0.717, 1.165) is 49.2 Å². The Balaban J connectivity index is 1.80. The Bertz CT molecular complexity index is 657. The van der Waals surface area contributed by atoms with Gasteiger partial charge in [-0.25, -0.2) is 0 Å². The maximum Gasteiger partial charge on any atom is 0.252 e. The second kappa shape index (κ2) is 5.67. The van der Waals surface area contributed by atoms with Gasteiger partial charge in [0.2, 0.25) is 0 Å². The van der Waals surface area contributed by atoms with Crippen molar-refractivity contribution >= 4 is 16.6 Å². The Kier molecular flexibility index (Phi) is 3.74. The SMILES string of the molecule is Cn1c(=O)cc(NCCC2CCOC2)c2ccccc21. The minimum atomic E-state index is 0.0235. The lowest BCUT2D eigenvalue weighted by Gasteiger charge is -2.13. The number of hydrogen-bond acceptors (Lipinski definition) is 3. The van der Waals surface area contributed by atoms with Crippen molar-refractivity contribution in [2.45, 2.75) is 12.8 Å². The van der Waals surface area contributed by atoms with Crippen molar-refractivity contribution < 1.29 is 4.74 Å². The Labute approximate surface area is 118 Å². The number of fused-ring (bicyclic) bond motifs is 1. The van der Waals surface area contributed by atoms with E-state index in [1.165, 1.54) is 0 Å². The summed E-state index contributed by atoms with van der Waals surface area (Å²) >= 11 is 0. The summed E-state index contributed by atoms with van der Waals surface area (Å²) in [6.45, 7) is 2.64. The number of para-hydroxylation sites is 1. The number of anilines is 1. The number of aryl methyl sites for hydroxylation is 1. The van der Waals surface area contributed by atoms with Crippen molar-refractivity contribution in [1.29, 1.82) is 0 Å². The summed E-state index contributed by atoms with van der Waals surface area (Å²) in [5.41, 5.74) is 1.92. The molecule has 1 fully saturated rings. The minimum absolute atomic E-state index is 0.0235. The van der Waals surface area contributed by atoms with Gasteiger partial charge < -0.3 is 14.6 Å². The van der Waals surface area contributed by atoms with Crippen molar-refractivity contribution in [3.05, 3.63) is 40.7 Å². The van der Waals surface area contributed by atoms with E-state index in [-0.39, 0.29) is 5.56 Å². The highest BCUT2D eigenvalue weighted by molar-refractivity contribution is 5.91. The maximum atomic E-state index is 12.0. The van der Waals surface area contributed by atoms with Crippen LogP contribution < -0.4 is 10.9 Å². The molecule has 0 radical (unpaired) electrons. The predicted octanol–water partition coefficient (Wildman–Crippen LogP) is 2.38. The number of rotatable bonds is 4. The molecule has 1 aliphatic rings. The molecule has 1 aliphatic heterocycles. The first kappa shape index (κ1) is 13.2. The second-order valence-electron chi connectivity index (χ2n) is 5.42. The molecule has 1 aromatic heterocycles. The lowest BCUT2D eigenvalue weighted by atomic mass is 10.1. The molecule has 2 aromatic rings. The molecule has 4 heteroatoms. The molecule has 4 nitrogen and oxygen atoms in total. The molecule has 1 N–H and O–H groups in total. The summed E-state index contributed by atoms with van der Waals surface area (Å²) < 4.78 is 7.07. The average molecular weight is 272 g/mol. The van der Waals surface area contributed by atoms with E-state index in [1.54, 1.807) is 10.6 Å². The van der Waals surface area contributed by atoms with Crippen LogP contribution >= 0.6 is 0 Å². The molecule has 1 unspecified atom stereocenters. The maximum absolute atomic E-state index is 12.0. The fourth-order valence-electron chi connectivity index (χ4n) is 2.78. The van der Waals surface area contributed by atoms with Gasteiger partial charge in [0, 0.05) is 43.9 Å². The van der Waals surface area contributed by atoms with Crippen LogP contribution in [0.25, 0.3) is 10.9 Å². The van der Waals surface area contributed by atoms with Crippen molar-refractivity contribution in [3.8, 4) is 0 Å². The zero-order chi connectivity index (χ0) is 13.9. The van der Waals surface area contributed by atoms with Gasteiger partial charge in [-0.05, 0) is 24.8 Å². The van der Waals surface area contributed by atoms with E-state index >= 15 is 0 Å². The van der Waals surface area contributed by atoms with Crippen molar-refractivity contribution in [3.63, 3.8) is 0 Å². The molecule has 1 saturated heterocycles. The van der Waals surface area contributed by atoms with Gasteiger partial charge in [0.25, 0.3) is 5.56 Å². The number of ether oxygens (including phenoxy) is 1. The summed E-state index contributed by atoms with van der Waals surface area (Å²) in [6.07, 6.45) is 2.24. The molecule has 106 valence electrons. The van der Waals surface area contributed by atoms with Crippen molar-refractivity contribution in [1.82, 2.24) is 4.57 Å². The predicted molar refractivity (Wildman–Crippen MR) is 81.2 cm³/mol. The van der Waals surface area contributed by atoms with Crippen LogP contribution in [0.15, 0.2) is 35.1 Å². The van der Waals surface area contributed by atoms with E-state index in [1.807, 2.05) is 25.2 Å². The van der Waals surface area contributed by atoms with Gasteiger partial charge in [-0.2, -0.15) is 0 Å².